The van der Waals surface area contributed by atoms with Crippen molar-refractivity contribution in [2.45, 2.75) is 103 Å². The van der Waals surface area contributed by atoms with Crippen LogP contribution in [0.1, 0.15) is 84.7 Å². The van der Waals surface area contributed by atoms with E-state index in [1.165, 1.54) is 12.6 Å². The van der Waals surface area contributed by atoms with E-state index in [-0.39, 0.29) is 35.5 Å². The molecule has 284 valence electrons. The smallest absolute Gasteiger partial charge is 0.251 e. The standard InChI is InChI=1S/C42H51FN8O3/c1-25(2)50-24-45-34-21-33(47-38(36(34)50)46-32-8-13-44-22-31(32)43)27-6-7-30-35(18-27)51(29-19-28(20-29)49-14-10-41(4,5)23-49)40(53)42(30)11-15-48(16-12-42)39(52)37-26(3)9-17-54-37/h6-8,13,18,21-22,24-26,28-29,37H,9-12,14-17,19-20,23H2,1-5H3,(H,44,46,47)/t26-,28-,29+,37+/m0/s1. The highest BCUT2D eigenvalue weighted by atomic mass is 19.1. The molecule has 4 aromatic rings. The summed E-state index contributed by atoms with van der Waals surface area (Å²) >= 11 is 0. The first-order chi connectivity index (χ1) is 25.9. The van der Waals surface area contributed by atoms with Gasteiger partial charge in [-0.1, -0.05) is 32.9 Å². The molecule has 5 aliphatic rings. The molecule has 3 saturated heterocycles. The minimum absolute atomic E-state index is 0.0560. The number of benzene rings is 1. The molecular formula is C42H51FN8O3. The summed E-state index contributed by atoms with van der Waals surface area (Å²) in [6.45, 7) is 14.8. The molecule has 54 heavy (non-hydrogen) atoms. The number of pyridine rings is 2. The summed E-state index contributed by atoms with van der Waals surface area (Å²) in [5.74, 6) is 0.444. The van der Waals surface area contributed by atoms with Crippen LogP contribution >= 0.6 is 0 Å². The summed E-state index contributed by atoms with van der Waals surface area (Å²) in [6.07, 6.45) is 9.30. The second kappa shape index (κ2) is 13.1. The highest BCUT2D eigenvalue weighted by Gasteiger charge is 2.56. The summed E-state index contributed by atoms with van der Waals surface area (Å²) in [5.41, 5.74) is 4.97. The van der Waals surface area contributed by atoms with E-state index in [9.17, 15) is 14.0 Å². The van der Waals surface area contributed by atoms with Crippen LogP contribution in [0.25, 0.3) is 22.3 Å². The fourth-order valence-corrected chi connectivity index (χ4v) is 9.72. The lowest BCUT2D eigenvalue weighted by atomic mass is 9.73. The Morgan fingerprint density at radius 2 is 1.85 bits per heavy atom. The normalized spacial score (nSPS) is 26.2. The zero-order valence-electron chi connectivity index (χ0n) is 32.0. The van der Waals surface area contributed by atoms with E-state index in [1.807, 2.05) is 15.5 Å². The quantitative estimate of drug-likeness (QED) is 0.220. The molecule has 7 heterocycles. The van der Waals surface area contributed by atoms with Crippen molar-refractivity contribution in [3.8, 4) is 11.3 Å². The van der Waals surface area contributed by atoms with E-state index in [4.69, 9.17) is 14.7 Å². The number of ether oxygens (including phenoxy) is 1. The van der Waals surface area contributed by atoms with E-state index >= 15 is 0 Å². The van der Waals surface area contributed by atoms with Gasteiger partial charge in [-0.3, -0.25) is 19.5 Å². The third-order valence-corrected chi connectivity index (χ3v) is 13.1. The monoisotopic (exact) mass is 734 g/mol. The highest BCUT2D eigenvalue weighted by Crippen LogP contribution is 2.52. The molecule has 12 heteroatoms. The van der Waals surface area contributed by atoms with E-state index < -0.39 is 17.3 Å². The topological polar surface area (TPSA) is 109 Å². The van der Waals surface area contributed by atoms with Crippen molar-refractivity contribution >= 4 is 40.0 Å². The van der Waals surface area contributed by atoms with Crippen molar-refractivity contribution in [1.29, 1.82) is 0 Å². The maximum absolute atomic E-state index is 15.0. The number of likely N-dealkylation sites (tertiary alicyclic amines) is 2. The van der Waals surface area contributed by atoms with Crippen LogP contribution in [0.4, 0.5) is 21.6 Å². The van der Waals surface area contributed by atoms with Gasteiger partial charge in [-0.05, 0) is 94.0 Å². The number of nitrogens with one attached hydrogen (secondary N) is 1. The Morgan fingerprint density at radius 1 is 1.06 bits per heavy atom. The first kappa shape index (κ1) is 35.3. The molecule has 0 unspecified atom stereocenters. The highest BCUT2D eigenvalue weighted by molar-refractivity contribution is 6.09. The first-order valence-electron chi connectivity index (χ1n) is 19.8. The number of nitrogens with zero attached hydrogens (tertiary/aromatic N) is 7. The number of fused-ring (bicyclic) bond motifs is 3. The number of rotatable bonds is 7. The average molecular weight is 735 g/mol. The molecule has 0 bridgehead atoms. The van der Waals surface area contributed by atoms with Crippen LogP contribution in [0.2, 0.25) is 0 Å². The molecule has 9 rings (SSSR count). The molecule has 4 aliphatic heterocycles. The number of anilines is 3. The zero-order chi connectivity index (χ0) is 37.5. The molecule has 1 N–H and O–H groups in total. The van der Waals surface area contributed by atoms with Gasteiger partial charge in [0.15, 0.2) is 11.6 Å². The third-order valence-electron chi connectivity index (χ3n) is 13.1. The van der Waals surface area contributed by atoms with E-state index in [2.05, 4.69) is 72.9 Å². The second-order valence-corrected chi connectivity index (χ2v) is 17.5. The molecule has 2 atom stereocenters. The van der Waals surface area contributed by atoms with Crippen LogP contribution < -0.4 is 10.2 Å². The van der Waals surface area contributed by atoms with Gasteiger partial charge in [0.1, 0.15) is 11.6 Å². The molecule has 1 saturated carbocycles. The van der Waals surface area contributed by atoms with E-state index in [1.54, 1.807) is 18.6 Å². The lowest BCUT2D eigenvalue weighted by molar-refractivity contribution is -0.145. The number of aromatic nitrogens is 4. The minimum atomic E-state index is -0.688. The molecule has 4 fully saturated rings. The van der Waals surface area contributed by atoms with Gasteiger partial charge in [0.05, 0.1) is 34.8 Å². The van der Waals surface area contributed by atoms with Gasteiger partial charge in [0.2, 0.25) is 5.91 Å². The molecular weight excluding hydrogens is 684 g/mol. The second-order valence-electron chi connectivity index (χ2n) is 17.5. The van der Waals surface area contributed by atoms with Crippen molar-refractivity contribution < 1.29 is 18.7 Å². The first-order valence-corrected chi connectivity index (χ1v) is 19.8. The SMILES string of the molecule is CC(C)n1cnc2cc(-c3ccc4c(c3)N([C@H]3C[C@@H](N5CCC(C)(C)C5)C3)C(=O)C43CCN(C(=O)[C@@H]4OCC[C@@H]4C)CC3)nc(Nc3ccncc3F)c21. The number of amides is 2. The number of carbonyl (C=O) groups excluding carboxylic acids is 2. The molecule has 1 spiro atoms. The molecule has 0 radical (unpaired) electrons. The number of halogens is 1. The van der Waals surface area contributed by atoms with Gasteiger partial charge in [-0.2, -0.15) is 0 Å². The fourth-order valence-electron chi connectivity index (χ4n) is 9.72. The summed E-state index contributed by atoms with van der Waals surface area (Å²) in [5, 5.41) is 3.23. The van der Waals surface area contributed by atoms with Crippen LogP contribution in [-0.4, -0.2) is 92.1 Å². The number of imidazole rings is 1. The van der Waals surface area contributed by atoms with Crippen LogP contribution in [0.15, 0.2) is 49.1 Å². The Morgan fingerprint density at radius 3 is 2.54 bits per heavy atom. The van der Waals surface area contributed by atoms with Gasteiger partial charge in [-0.25, -0.2) is 14.4 Å². The number of carbonyl (C=O) groups is 2. The molecule has 1 aliphatic carbocycles. The maximum Gasteiger partial charge on any atom is 0.251 e. The average Bonchev–Trinajstić information content (AvgIpc) is 3.91. The van der Waals surface area contributed by atoms with Gasteiger partial charge in [0, 0.05) is 61.8 Å². The van der Waals surface area contributed by atoms with E-state index in [0.29, 0.717) is 55.5 Å². The Labute approximate surface area is 316 Å². The summed E-state index contributed by atoms with van der Waals surface area (Å²) in [6, 6.07) is 10.6. The van der Waals surface area contributed by atoms with E-state index in [0.717, 1.165) is 60.2 Å². The predicted molar refractivity (Wildman–Crippen MR) is 206 cm³/mol. The number of hydrogen-bond acceptors (Lipinski definition) is 8. The number of hydrogen-bond donors (Lipinski definition) is 1. The molecule has 11 nitrogen and oxygen atoms in total. The summed E-state index contributed by atoms with van der Waals surface area (Å²) in [4.78, 5) is 48.9. The number of piperidine rings is 1. The molecule has 2 amide bonds. The van der Waals surface area contributed by atoms with Crippen LogP contribution in [0, 0.1) is 17.2 Å². The fraction of sp³-hybridized carbons (Fsp3) is 0.548. The van der Waals surface area contributed by atoms with Crippen LogP contribution in [0.3, 0.4) is 0 Å². The lowest BCUT2D eigenvalue weighted by Gasteiger charge is -2.46. The largest absolute Gasteiger partial charge is 0.368 e. The van der Waals surface area contributed by atoms with Crippen LogP contribution in [-0.2, 0) is 19.7 Å². The Bertz CT molecular complexity index is 2120. The Balaban J connectivity index is 1.07. The zero-order valence-corrected chi connectivity index (χ0v) is 32.0. The minimum Gasteiger partial charge on any atom is -0.368 e. The predicted octanol–water partition coefficient (Wildman–Crippen LogP) is 6.85. The van der Waals surface area contributed by atoms with Gasteiger partial charge in [0.25, 0.3) is 5.91 Å². The maximum atomic E-state index is 15.0. The van der Waals surface area contributed by atoms with Gasteiger partial charge in [-0.15, -0.1) is 0 Å². The Hall–Kier alpha value is -4.42. The lowest BCUT2D eigenvalue weighted by Crippen LogP contribution is -2.58. The van der Waals surface area contributed by atoms with Gasteiger partial charge < -0.3 is 24.4 Å². The van der Waals surface area contributed by atoms with Crippen molar-refractivity contribution in [2.75, 3.05) is 43.0 Å². The summed E-state index contributed by atoms with van der Waals surface area (Å²) < 4.78 is 22.8. The van der Waals surface area contributed by atoms with Crippen molar-refractivity contribution in [3.05, 3.63) is 60.4 Å². The van der Waals surface area contributed by atoms with Crippen molar-refractivity contribution in [3.63, 3.8) is 0 Å². The van der Waals surface area contributed by atoms with Crippen molar-refractivity contribution in [2.24, 2.45) is 11.3 Å². The van der Waals surface area contributed by atoms with Crippen LogP contribution in [0.5, 0.6) is 0 Å². The Kier molecular flexibility index (Phi) is 8.57. The van der Waals surface area contributed by atoms with Crippen molar-refractivity contribution in [1.82, 2.24) is 29.3 Å². The third kappa shape index (κ3) is 5.79. The summed E-state index contributed by atoms with van der Waals surface area (Å²) in [7, 11) is 0. The molecule has 1 aromatic carbocycles. The van der Waals surface area contributed by atoms with Gasteiger partial charge >= 0.3 is 0 Å². The molecule has 3 aromatic heterocycles.